The monoisotopic (exact) mass is 253 g/mol. The molecule has 1 aromatic heterocycles. The number of ether oxygens (including phenoxy) is 1. The molecule has 0 bridgehead atoms. The smallest absolute Gasteiger partial charge is 0.252 e. The fraction of sp³-hybridized carbons (Fsp3) is 0.692. The molecule has 0 aliphatic rings. The molecule has 0 radical (unpaired) electrons. The lowest BCUT2D eigenvalue weighted by molar-refractivity contribution is 0.192. The highest BCUT2D eigenvalue weighted by atomic mass is 16.5. The van der Waals surface area contributed by atoms with Crippen LogP contribution in [0.3, 0.4) is 0 Å². The number of nitrogens with zero attached hydrogens (tertiary/aromatic N) is 1. The average molecular weight is 253 g/mol. The van der Waals surface area contributed by atoms with Gasteiger partial charge >= 0.3 is 0 Å². The van der Waals surface area contributed by atoms with E-state index in [9.17, 15) is 4.79 Å². The Balaban J connectivity index is 2.40. The molecular weight excluding hydrogens is 230 g/mol. The fourth-order valence-electron chi connectivity index (χ4n) is 1.61. The van der Waals surface area contributed by atoms with Crippen LogP contribution in [0.2, 0.25) is 0 Å². The second-order valence-electron chi connectivity index (χ2n) is 4.65. The summed E-state index contributed by atoms with van der Waals surface area (Å²) in [5.74, 6) is 1.61. The zero-order valence-electron chi connectivity index (χ0n) is 11.5. The Morgan fingerprint density at radius 2 is 2.17 bits per heavy atom. The van der Waals surface area contributed by atoms with Crippen LogP contribution in [0.25, 0.3) is 0 Å². The van der Waals surface area contributed by atoms with Gasteiger partial charge in [0.1, 0.15) is 11.6 Å². The van der Waals surface area contributed by atoms with E-state index in [1.54, 1.807) is 7.11 Å². The molecule has 5 heteroatoms. The summed E-state index contributed by atoms with van der Waals surface area (Å²) in [5, 5.41) is 3.19. The van der Waals surface area contributed by atoms with Crippen LogP contribution < -0.4 is 10.9 Å². The molecule has 0 fully saturated rings. The van der Waals surface area contributed by atoms with Gasteiger partial charge in [-0.3, -0.25) is 4.79 Å². The van der Waals surface area contributed by atoms with Crippen LogP contribution in [0, 0.1) is 0 Å². The molecule has 0 amide bonds. The minimum atomic E-state index is -0.101. The topological polar surface area (TPSA) is 67.0 Å². The highest BCUT2D eigenvalue weighted by molar-refractivity contribution is 5.33. The molecule has 1 heterocycles. The van der Waals surface area contributed by atoms with Gasteiger partial charge in [0.2, 0.25) is 0 Å². The number of hydrogen-bond acceptors (Lipinski definition) is 4. The van der Waals surface area contributed by atoms with E-state index in [2.05, 4.69) is 15.3 Å². The van der Waals surface area contributed by atoms with E-state index in [4.69, 9.17) is 4.74 Å². The third-order valence-electron chi connectivity index (χ3n) is 2.64. The van der Waals surface area contributed by atoms with Crippen LogP contribution in [0.5, 0.6) is 0 Å². The first-order valence-electron chi connectivity index (χ1n) is 6.47. The first kappa shape index (κ1) is 14.7. The van der Waals surface area contributed by atoms with Crippen molar-refractivity contribution in [3.63, 3.8) is 0 Å². The number of rotatable bonds is 8. The number of hydrogen-bond donors (Lipinski definition) is 2. The molecule has 0 atom stereocenters. The summed E-state index contributed by atoms with van der Waals surface area (Å²) >= 11 is 0. The van der Waals surface area contributed by atoms with Gasteiger partial charge in [0.15, 0.2) is 0 Å². The molecule has 0 aliphatic carbocycles. The van der Waals surface area contributed by atoms with E-state index in [1.807, 2.05) is 13.8 Å². The zero-order chi connectivity index (χ0) is 13.4. The van der Waals surface area contributed by atoms with E-state index in [1.165, 1.54) is 6.07 Å². The fourth-order valence-corrected chi connectivity index (χ4v) is 1.61. The van der Waals surface area contributed by atoms with Crippen molar-refractivity contribution in [2.24, 2.45) is 0 Å². The molecule has 0 aromatic carbocycles. The molecule has 0 unspecified atom stereocenters. The van der Waals surface area contributed by atoms with Crippen LogP contribution in [-0.2, 0) is 4.74 Å². The summed E-state index contributed by atoms with van der Waals surface area (Å²) < 4.78 is 4.99. The number of anilines is 1. The summed E-state index contributed by atoms with van der Waals surface area (Å²) in [6, 6.07) is 1.50. The standard InChI is InChI=1S/C13H23N3O2/c1-10(2)13-15-11(9-12(17)16-13)14-7-5-4-6-8-18-3/h9-10H,4-8H2,1-3H3,(H2,14,15,16,17). The van der Waals surface area contributed by atoms with Gasteiger partial charge in [0.25, 0.3) is 5.56 Å². The quantitative estimate of drug-likeness (QED) is 0.696. The maximum atomic E-state index is 11.4. The summed E-state index contributed by atoms with van der Waals surface area (Å²) in [6.45, 7) is 5.65. The number of aromatic amines is 1. The number of methoxy groups -OCH3 is 1. The first-order chi connectivity index (χ1) is 8.63. The van der Waals surface area contributed by atoms with Crippen LogP contribution in [-0.4, -0.2) is 30.2 Å². The van der Waals surface area contributed by atoms with Gasteiger partial charge in [0, 0.05) is 32.2 Å². The molecule has 1 rings (SSSR count). The number of H-pyrrole nitrogens is 1. The van der Waals surface area contributed by atoms with Gasteiger partial charge in [-0.25, -0.2) is 4.98 Å². The maximum Gasteiger partial charge on any atom is 0.252 e. The third kappa shape index (κ3) is 5.31. The summed E-state index contributed by atoms with van der Waals surface area (Å²) in [5.41, 5.74) is -0.101. The van der Waals surface area contributed by atoms with E-state index < -0.39 is 0 Å². The second-order valence-corrected chi connectivity index (χ2v) is 4.65. The minimum Gasteiger partial charge on any atom is -0.385 e. The third-order valence-corrected chi connectivity index (χ3v) is 2.64. The Hall–Kier alpha value is -1.36. The minimum absolute atomic E-state index is 0.101. The highest BCUT2D eigenvalue weighted by Crippen LogP contribution is 2.09. The molecule has 0 aliphatic heterocycles. The van der Waals surface area contributed by atoms with Gasteiger partial charge in [-0.15, -0.1) is 0 Å². The number of aromatic nitrogens is 2. The largest absolute Gasteiger partial charge is 0.385 e. The predicted molar refractivity (Wildman–Crippen MR) is 73.2 cm³/mol. The highest BCUT2D eigenvalue weighted by Gasteiger charge is 2.04. The first-order valence-corrected chi connectivity index (χ1v) is 6.47. The van der Waals surface area contributed by atoms with Gasteiger partial charge in [0.05, 0.1) is 0 Å². The lowest BCUT2D eigenvalue weighted by atomic mass is 10.2. The van der Waals surface area contributed by atoms with Crippen molar-refractivity contribution in [1.82, 2.24) is 9.97 Å². The van der Waals surface area contributed by atoms with Crippen molar-refractivity contribution >= 4 is 5.82 Å². The van der Waals surface area contributed by atoms with Gasteiger partial charge in [-0.2, -0.15) is 0 Å². The molecule has 18 heavy (non-hydrogen) atoms. The van der Waals surface area contributed by atoms with Crippen molar-refractivity contribution in [1.29, 1.82) is 0 Å². The molecular formula is C13H23N3O2. The summed E-state index contributed by atoms with van der Waals surface area (Å²) in [6.07, 6.45) is 3.23. The number of unbranched alkanes of at least 4 members (excludes halogenated alkanes) is 2. The van der Waals surface area contributed by atoms with Crippen molar-refractivity contribution in [2.45, 2.75) is 39.0 Å². The molecule has 0 saturated heterocycles. The molecule has 5 nitrogen and oxygen atoms in total. The Labute approximate surface area is 108 Å². The lowest BCUT2D eigenvalue weighted by Crippen LogP contribution is -2.15. The molecule has 2 N–H and O–H groups in total. The summed E-state index contributed by atoms with van der Waals surface area (Å²) in [4.78, 5) is 18.6. The van der Waals surface area contributed by atoms with Crippen molar-refractivity contribution in [2.75, 3.05) is 25.6 Å². The van der Waals surface area contributed by atoms with Crippen LogP contribution in [0.1, 0.15) is 44.9 Å². The normalized spacial score (nSPS) is 10.9. The molecule has 0 saturated carbocycles. The molecule has 0 spiro atoms. The molecule has 1 aromatic rings. The van der Waals surface area contributed by atoms with Gasteiger partial charge in [-0.1, -0.05) is 13.8 Å². The van der Waals surface area contributed by atoms with Gasteiger partial charge < -0.3 is 15.0 Å². The maximum absolute atomic E-state index is 11.4. The Kier molecular flexibility index (Phi) is 6.43. The van der Waals surface area contributed by atoms with E-state index >= 15 is 0 Å². The average Bonchev–Trinajstić information content (AvgIpc) is 2.33. The zero-order valence-corrected chi connectivity index (χ0v) is 11.5. The Morgan fingerprint density at radius 3 is 2.83 bits per heavy atom. The van der Waals surface area contributed by atoms with E-state index in [0.29, 0.717) is 5.82 Å². The van der Waals surface area contributed by atoms with Crippen LogP contribution >= 0.6 is 0 Å². The Bertz CT molecular complexity index is 401. The second kappa shape index (κ2) is 7.87. The van der Waals surface area contributed by atoms with Crippen molar-refractivity contribution < 1.29 is 4.74 Å². The van der Waals surface area contributed by atoms with Crippen LogP contribution in [0.4, 0.5) is 5.82 Å². The van der Waals surface area contributed by atoms with E-state index in [-0.39, 0.29) is 11.5 Å². The Morgan fingerprint density at radius 1 is 1.39 bits per heavy atom. The predicted octanol–water partition coefficient (Wildman–Crippen LogP) is 2.12. The SMILES string of the molecule is COCCCCCNc1cc(=O)[nH]c(C(C)C)n1. The van der Waals surface area contributed by atoms with Gasteiger partial charge in [-0.05, 0) is 19.3 Å². The van der Waals surface area contributed by atoms with Crippen LogP contribution in [0.15, 0.2) is 10.9 Å². The molecule has 102 valence electrons. The number of nitrogens with one attached hydrogen (secondary N) is 2. The van der Waals surface area contributed by atoms with Crippen molar-refractivity contribution in [3.8, 4) is 0 Å². The lowest BCUT2D eigenvalue weighted by Gasteiger charge is -2.08. The van der Waals surface area contributed by atoms with Crippen molar-refractivity contribution in [3.05, 3.63) is 22.2 Å². The summed E-state index contributed by atoms with van der Waals surface area (Å²) in [7, 11) is 1.71. The van der Waals surface area contributed by atoms with E-state index in [0.717, 1.165) is 38.2 Å².